The highest BCUT2D eigenvalue weighted by Crippen LogP contribution is 2.18. The molecule has 0 saturated heterocycles. The fraction of sp³-hybridized carbons (Fsp3) is 0.259. The van der Waals surface area contributed by atoms with Gasteiger partial charge in [0, 0.05) is 17.9 Å². The number of hydrogen-bond acceptors (Lipinski definition) is 4. The molecule has 174 valence electrons. The summed E-state index contributed by atoms with van der Waals surface area (Å²) in [6, 6.07) is 18.6. The lowest BCUT2D eigenvalue weighted by molar-refractivity contribution is -0.119. The molecule has 4 rings (SSSR count). The first-order valence-corrected chi connectivity index (χ1v) is 11.4. The van der Waals surface area contributed by atoms with E-state index in [2.05, 4.69) is 11.9 Å². The van der Waals surface area contributed by atoms with Crippen molar-refractivity contribution in [1.82, 2.24) is 14.1 Å². The molecule has 7 nitrogen and oxygen atoms in total. The Balaban J connectivity index is 1.88. The second-order valence-electron chi connectivity index (χ2n) is 8.28. The number of carbonyl (C=O) groups excluding carboxylic acids is 1. The van der Waals surface area contributed by atoms with Gasteiger partial charge in [0.25, 0.3) is 5.56 Å². The molecular weight excluding hydrogens is 428 g/mol. The third kappa shape index (κ3) is 4.17. The van der Waals surface area contributed by atoms with Gasteiger partial charge in [-0.25, -0.2) is 18.9 Å². The van der Waals surface area contributed by atoms with E-state index in [0.717, 1.165) is 16.7 Å². The van der Waals surface area contributed by atoms with Crippen molar-refractivity contribution in [2.75, 3.05) is 11.4 Å². The number of para-hydroxylation sites is 1. The van der Waals surface area contributed by atoms with Crippen molar-refractivity contribution < 1.29 is 4.79 Å². The Labute approximate surface area is 197 Å². The van der Waals surface area contributed by atoms with Gasteiger partial charge in [0.2, 0.25) is 5.91 Å². The number of rotatable bonds is 6. The third-order valence-corrected chi connectivity index (χ3v) is 6.00. The van der Waals surface area contributed by atoms with Crippen LogP contribution in [0.15, 0.2) is 70.3 Å². The van der Waals surface area contributed by atoms with Gasteiger partial charge >= 0.3 is 5.69 Å². The Morgan fingerprint density at radius 2 is 1.65 bits per heavy atom. The molecular formula is C27H28N4O3. The minimum atomic E-state index is -0.591. The number of aryl methyl sites for hydroxylation is 3. The minimum Gasteiger partial charge on any atom is -0.311 e. The van der Waals surface area contributed by atoms with Crippen LogP contribution >= 0.6 is 0 Å². The summed E-state index contributed by atoms with van der Waals surface area (Å²) in [6.07, 6.45) is 0.902. The molecule has 0 aliphatic carbocycles. The van der Waals surface area contributed by atoms with E-state index in [1.165, 1.54) is 10.1 Å². The predicted molar refractivity (Wildman–Crippen MR) is 135 cm³/mol. The summed E-state index contributed by atoms with van der Waals surface area (Å²) < 4.78 is 2.43. The molecule has 0 aliphatic heterocycles. The van der Waals surface area contributed by atoms with Gasteiger partial charge in [-0.3, -0.25) is 9.59 Å². The highest BCUT2D eigenvalue weighted by Gasteiger charge is 2.22. The van der Waals surface area contributed by atoms with E-state index < -0.39 is 11.2 Å². The first-order valence-electron chi connectivity index (χ1n) is 11.4. The lowest BCUT2D eigenvalue weighted by Crippen LogP contribution is -2.45. The molecule has 0 radical (unpaired) electrons. The smallest absolute Gasteiger partial charge is 0.311 e. The fourth-order valence-corrected chi connectivity index (χ4v) is 4.26. The SMILES string of the molecule is CCc1ccc(N(CC)C(=O)Cn2c(=O)c3c(C)cc(C)nc3n(-c3ccccc3)c2=O)cc1. The first kappa shape index (κ1) is 23.2. The Kier molecular flexibility index (Phi) is 6.45. The van der Waals surface area contributed by atoms with Gasteiger partial charge in [-0.1, -0.05) is 37.3 Å². The number of hydrogen-bond donors (Lipinski definition) is 0. The van der Waals surface area contributed by atoms with Crippen molar-refractivity contribution in [3.63, 3.8) is 0 Å². The Morgan fingerprint density at radius 1 is 0.971 bits per heavy atom. The minimum absolute atomic E-state index is 0.296. The molecule has 2 heterocycles. The van der Waals surface area contributed by atoms with Gasteiger partial charge in [-0.15, -0.1) is 0 Å². The molecule has 0 spiro atoms. The second kappa shape index (κ2) is 9.47. The van der Waals surface area contributed by atoms with Crippen molar-refractivity contribution in [2.45, 2.75) is 40.7 Å². The van der Waals surface area contributed by atoms with Crippen molar-refractivity contribution in [3.05, 3.63) is 98.3 Å². The monoisotopic (exact) mass is 456 g/mol. The standard InChI is InChI=1S/C27H28N4O3/c1-5-20-12-14-21(15-13-20)29(6-2)23(32)17-30-26(33)24-18(3)16-19(4)28-25(24)31(27(30)34)22-10-8-7-9-11-22/h7-16H,5-6,17H2,1-4H3. The lowest BCUT2D eigenvalue weighted by atomic mass is 10.1. The van der Waals surface area contributed by atoms with Crippen molar-refractivity contribution in [3.8, 4) is 5.69 Å². The van der Waals surface area contributed by atoms with Crippen LogP contribution in [0.25, 0.3) is 16.7 Å². The van der Waals surface area contributed by atoms with E-state index in [4.69, 9.17) is 0 Å². The van der Waals surface area contributed by atoms with Crippen molar-refractivity contribution >= 4 is 22.6 Å². The van der Waals surface area contributed by atoms with Crippen molar-refractivity contribution in [2.24, 2.45) is 0 Å². The summed E-state index contributed by atoms with van der Waals surface area (Å²) in [5, 5.41) is 0.331. The molecule has 0 unspecified atom stereocenters. The molecule has 4 aromatic rings. The van der Waals surface area contributed by atoms with Gasteiger partial charge in [0.1, 0.15) is 6.54 Å². The molecule has 2 aromatic carbocycles. The van der Waals surface area contributed by atoms with Gasteiger partial charge in [0.15, 0.2) is 5.65 Å². The van der Waals surface area contributed by atoms with Gasteiger partial charge in [-0.05, 0) is 68.7 Å². The number of likely N-dealkylation sites (N-methyl/N-ethyl adjacent to an activating group) is 1. The predicted octanol–water partition coefficient (Wildman–Crippen LogP) is 3.78. The van der Waals surface area contributed by atoms with E-state index >= 15 is 0 Å². The van der Waals surface area contributed by atoms with Crippen LogP contribution in [0.1, 0.15) is 30.7 Å². The summed E-state index contributed by atoms with van der Waals surface area (Å²) in [7, 11) is 0. The number of aromatic nitrogens is 3. The number of pyridine rings is 1. The zero-order chi connectivity index (χ0) is 24.4. The summed E-state index contributed by atoms with van der Waals surface area (Å²) in [5.74, 6) is -0.331. The van der Waals surface area contributed by atoms with Crippen LogP contribution in [0.4, 0.5) is 5.69 Å². The maximum Gasteiger partial charge on any atom is 0.337 e. The number of fused-ring (bicyclic) bond motifs is 1. The molecule has 0 bridgehead atoms. The fourth-order valence-electron chi connectivity index (χ4n) is 4.26. The van der Waals surface area contributed by atoms with Crippen LogP contribution in [0.2, 0.25) is 0 Å². The molecule has 1 amide bonds. The van der Waals surface area contributed by atoms with Crippen LogP contribution in [-0.4, -0.2) is 26.6 Å². The molecule has 0 aliphatic rings. The maximum absolute atomic E-state index is 13.6. The number of benzene rings is 2. The molecule has 34 heavy (non-hydrogen) atoms. The average Bonchev–Trinajstić information content (AvgIpc) is 2.83. The van der Waals surface area contributed by atoms with E-state index in [1.807, 2.05) is 69.3 Å². The Hall–Kier alpha value is -4.00. The van der Waals surface area contributed by atoms with Gasteiger partial charge in [0.05, 0.1) is 11.1 Å². The zero-order valence-electron chi connectivity index (χ0n) is 19.9. The zero-order valence-corrected chi connectivity index (χ0v) is 19.9. The largest absolute Gasteiger partial charge is 0.337 e. The van der Waals surface area contributed by atoms with Crippen molar-refractivity contribution in [1.29, 1.82) is 0 Å². The van der Waals surface area contributed by atoms with E-state index in [0.29, 0.717) is 34.5 Å². The highest BCUT2D eigenvalue weighted by atomic mass is 16.2. The van der Waals surface area contributed by atoms with Crippen LogP contribution < -0.4 is 16.1 Å². The quantitative estimate of drug-likeness (QED) is 0.442. The summed E-state index contributed by atoms with van der Waals surface area (Å²) in [5.41, 5.74) is 3.09. The van der Waals surface area contributed by atoms with Crippen LogP contribution in [0, 0.1) is 13.8 Å². The normalized spacial score (nSPS) is 11.1. The van der Waals surface area contributed by atoms with Crippen LogP contribution in [-0.2, 0) is 17.8 Å². The first-order chi connectivity index (χ1) is 16.3. The number of nitrogens with zero attached hydrogens (tertiary/aromatic N) is 4. The highest BCUT2D eigenvalue weighted by molar-refractivity contribution is 5.93. The van der Waals surface area contributed by atoms with E-state index in [9.17, 15) is 14.4 Å². The third-order valence-electron chi connectivity index (χ3n) is 6.00. The summed E-state index contributed by atoms with van der Waals surface area (Å²) in [6.45, 7) is 7.63. The molecule has 0 N–H and O–H groups in total. The lowest BCUT2D eigenvalue weighted by Gasteiger charge is -2.22. The van der Waals surface area contributed by atoms with Gasteiger partial charge < -0.3 is 4.90 Å². The molecule has 0 fully saturated rings. The molecule has 7 heteroatoms. The number of amides is 1. The molecule has 0 saturated carbocycles. The number of anilines is 1. The van der Waals surface area contributed by atoms with E-state index in [1.54, 1.807) is 17.0 Å². The molecule has 2 aromatic heterocycles. The summed E-state index contributed by atoms with van der Waals surface area (Å²) in [4.78, 5) is 46.5. The second-order valence-corrected chi connectivity index (χ2v) is 8.28. The maximum atomic E-state index is 13.6. The van der Waals surface area contributed by atoms with E-state index in [-0.39, 0.29) is 12.5 Å². The Bertz CT molecular complexity index is 1470. The van der Waals surface area contributed by atoms with Gasteiger partial charge in [-0.2, -0.15) is 0 Å². The average molecular weight is 457 g/mol. The topological polar surface area (TPSA) is 77.2 Å². The van der Waals surface area contributed by atoms with Crippen LogP contribution in [0.3, 0.4) is 0 Å². The summed E-state index contributed by atoms with van der Waals surface area (Å²) >= 11 is 0. The van der Waals surface area contributed by atoms with Crippen LogP contribution in [0.5, 0.6) is 0 Å². The Morgan fingerprint density at radius 3 is 2.26 bits per heavy atom. The number of carbonyl (C=O) groups is 1. The molecule has 0 atom stereocenters.